The molecule has 0 saturated heterocycles. The van der Waals surface area contributed by atoms with E-state index in [9.17, 15) is 0 Å². The molecule has 0 bridgehead atoms. The molecule has 0 heterocycles. The van der Waals surface area contributed by atoms with Gasteiger partial charge in [0.25, 0.3) is 0 Å². The van der Waals surface area contributed by atoms with Gasteiger partial charge in [0.05, 0.1) is 0 Å². The molecular formula is C32H65I. The van der Waals surface area contributed by atoms with E-state index in [0.717, 1.165) is 3.92 Å². The number of halogens is 1. The molecule has 0 N–H and O–H groups in total. The van der Waals surface area contributed by atoms with E-state index < -0.39 is 0 Å². The van der Waals surface area contributed by atoms with Gasteiger partial charge in [-0.1, -0.05) is 210 Å². The molecule has 1 unspecified atom stereocenters. The van der Waals surface area contributed by atoms with Gasteiger partial charge in [0, 0.05) is 3.92 Å². The Hall–Kier alpha value is 0.730. The molecule has 33 heavy (non-hydrogen) atoms. The van der Waals surface area contributed by atoms with Crippen molar-refractivity contribution in [2.75, 3.05) is 0 Å². The van der Waals surface area contributed by atoms with E-state index in [2.05, 4.69) is 36.4 Å². The Balaban J connectivity index is 3.13. The maximum atomic E-state index is 2.73. The van der Waals surface area contributed by atoms with Gasteiger partial charge in [-0.15, -0.1) is 0 Å². The highest BCUT2D eigenvalue weighted by Crippen LogP contribution is 2.20. The third-order valence-corrected chi connectivity index (χ3v) is 8.74. The average Bonchev–Trinajstić information content (AvgIpc) is 2.82. The maximum absolute atomic E-state index is 2.73. The first-order chi connectivity index (χ1) is 16.3. The number of hydrogen-bond donors (Lipinski definition) is 0. The van der Waals surface area contributed by atoms with Crippen LogP contribution >= 0.6 is 22.6 Å². The number of alkyl halides is 1. The van der Waals surface area contributed by atoms with Crippen LogP contribution in [0.3, 0.4) is 0 Å². The van der Waals surface area contributed by atoms with Gasteiger partial charge >= 0.3 is 0 Å². The summed E-state index contributed by atoms with van der Waals surface area (Å²) in [5, 5.41) is 0. The zero-order valence-corrected chi connectivity index (χ0v) is 25.6. The van der Waals surface area contributed by atoms with Crippen molar-refractivity contribution in [2.45, 2.75) is 204 Å². The zero-order chi connectivity index (χ0) is 24.1. The molecule has 200 valence electrons. The molecule has 0 aromatic heterocycles. The van der Waals surface area contributed by atoms with Crippen LogP contribution < -0.4 is 0 Å². The highest BCUT2D eigenvalue weighted by atomic mass is 127. The first-order valence-electron chi connectivity index (χ1n) is 15.9. The van der Waals surface area contributed by atoms with E-state index in [-0.39, 0.29) is 0 Å². The summed E-state index contributed by atoms with van der Waals surface area (Å²) in [6.07, 6.45) is 42.7. The van der Waals surface area contributed by atoms with Crippen molar-refractivity contribution in [3.05, 3.63) is 0 Å². The highest BCUT2D eigenvalue weighted by molar-refractivity contribution is 14.1. The van der Waals surface area contributed by atoms with Gasteiger partial charge in [-0.05, 0) is 12.8 Å². The van der Waals surface area contributed by atoms with Crippen LogP contribution in [0.1, 0.15) is 200 Å². The highest BCUT2D eigenvalue weighted by Gasteiger charge is 2.04. The molecule has 0 fully saturated rings. The normalized spacial score (nSPS) is 12.5. The second kappa shape index (κ2) is 30.8. The summed E-state index contributed by atoms with van der Waals surface area (Å²) in [5.74, 6) is 0. The topological polar surface area (TPSA) is 0 Å². The van der Waals surface area contributed by atoms with Crippen LogP contribution in [0.5, 0.6) is 0 Å². The third-order valence-electron chi connectivity index (χ3n) is 7.49. The lowest BCUT2D eigenvalue weighted by atomic mass is 10.0. The van der Waals surface area contributed by atoms with Crippen molar-refractivity contribution in [3.63, 3.8) is 0 Å². The van der Waals surface area contributed by atoms with Crippen LogP contribution in [0.2, 0.25) is 0 Å². The van der Waals surface area contributed by atoms with Gasteiger partial charge in [0.15, 0.2) is 0 Å². The summed E-state index contributed by atoms with van der Waals surface area (Å²) in [4.78, 5) is 0. The second-order valence-electron chi connectivity index (χ2n) is 11.0. The van der Waals surface area contributed by atoms with Crippen LogP contribution in [0.25, 0.3) is 0 Å². The first-order valence-corrected chi connectivity index (χ1v) is 17.2. The minimum Gasteiger partial charge on any atom is -0.0826 e. The molecule has 0 aliphatic rings. The summed E-state index contributed by atoms with van der Waals surface area (Å²) in [7, 11) is 0. The van der Waals surface area contributed by atoms with E-state index >= 15 is 0 Å². The van der Waals surface area contributed by atoms with Crippen LogP contribution in [-0.4, -0.2) is 3.92 Å². The second-order valence-corrected chi connectivity index (χ2v) is 12.8. The molecule has 0 radical (unpaired) electrons. The van der Waals surface area contributed by atoms with Gasteiger partial charge in [0.1, 0.15) is 0 Å². The summed E-state index contributed by atoms with van der Waals surface area (Å²) in [6.45, 7) is 4.61. The Bertz CT molecular complexity index is 326. The monoisotopic (exact) mass is 576 g/mol. The predicted molar refractivity (Wildman–Crippen MR) is 163 cm³/mol. The molecule has 0 aliphatic heterocycles. The Labute approximate surface area is 225 Å². The third kappa shape index (κ3) is 30.7. The molecule has 0 aliphatic carbocycles. The fraction of sp³-hybridized carbons (Fsp3) is 1.00. The lowest BCUT2D eigenvalue weighted by molar-refractivity contribution is 0.520. The van der Waals surface area contributed by atoms with E-state index in [0.29, 0.717) is 0 Å². The van der Waals surface area contributed by atoms with Crippen molar-refractivity contribution < 1.29 is 0 Å². The SMILES string of the molecule is CCCCCCCCCCCCCCCCC(I)CCCCCCCCCCCCCCC. The number of unbranched alkanes of at least 4 members (excludes halogenated alkanes) is 25. The average molecular weight is 577 g/mol. The van der Waals surface area contributed by atoms with Crippen molar-refractivity contribution in [3.8, 4) is 0 Å². The Kier molecular flexibility index (Phi) is 31.4. The maximum Gasteiger partial charge on any atom is 0.0110 e. The molecule has 0 rings (SSSR count). The molecule has 0 aromatic carbocycles. The molecule has 1 atom stereocenters. The van der Waals surface area contributed by atoms with Gasteiger partial charge in [0.2, 0.25) is 0 Å². The molecule has 0 nitrogen and oxygen atoms in total. The van der Waals surface area contributed by atoms with E-state index in [1.54, 1.807) is 0 Å². The smallest absolute Gasteiger partial charge is 0.0110 e. The Morgan fingerprint density at radius 3 is 0.697 bits per heavy atom. The summed E-state index contributed by atoms with van der Waals surface area (Å²) in [5.41, 5.74) is 0. The van der Waals surface area contributed by atoms with Crippen LogP contribution in [0.4, 0.5) is 0 Å². The van der Waals surface area contributed by atoms with Gasteiger partial charge < -0.3 is 0 Å². The van der Waals surface area contributed by atoms with Gasteiger partial charge in [-0.25, -0.2) is 0 Å². The number of hydrogen-bond acceptors (Lipinski definition) is 0. The minimum absolute atomic E-state index is 0.938. The molecule has 0 amide bonds. The number of rotatable bonds is 29. The van der Waals surface area contributed by atoms with Gasteiger partial charge in [-0.2, -0.15) is 0 Å². The molecular weight excluding hydrogens is 511 g/mol. The van der Waals surface area contributed by atoms with E-state index in [1.165, 1.54) is 186 Å². The lowest BCUT2D eigenvalue weighted by Crippen LogP contribution is -1.97. The Morgan fingerprint density at radius 2 is 0.485 bits per heavy atom. The predicted octanol–water partition coefficient (Wildman–Crippen LogP) is 13.1. The van der Waals surface area contributed by atoms with Crippen LogP contribution in [0.15, 0.2) is 0 Å². The van der Waals surface area contributed by atoms with E-state index in [1.807, 2.05) is 0 Å². The fourth-order valence-electron chi connectivity index (χ4n) is 5.09. The standard InChI is InChI=1S/C32H65I/c1-3-5-7-9-11-13-15-17-19-21-23-25-27-29-31-32(33)30-28-26-24-22-20-18-16-14-12-10-8-6-4-2/h32H,3-31H2,1-2H3. The molecule has 1 heteroatoms. The minimum atomic E-state index is 0.938. The summed E-state index contributed by atoms with van der Waals surface area (Å²) in [6, 6.07) is 0. The van der Waals surface area contributed by atoms with Gasteiger partial charge in [-0.3, -0.25) is 0 Å². The zero-order valence-electron chi connectivity index (χ0n) is 23.5. The van der Waals surface area contributed by atoms with Crippen molar-refractivity contribution in [1.29, 1.82) is 0 Å². The van der Waals surface area contributed by atoms with Crippen molar-refractivity contribution in [1.82, 2.24) is 0 Å². The van der Waals surface area contributed by atoms with E-state index in [4.69, 9.17) is 0 Å². The Morgan fingerprint density at radius 1 is 0.303 bits per heavy atom. The largest absolute Gasteiger partial charge is 0.0826 e. The fourth-order valence-corrected chi connectivity index (χ4v) is 5.97. The first kappa shape index (κ1) is 33.7. The quantitative estimate of drug-likeness (QED) is 0.0472. The van der Waals surface area contributed by atoms with Crippen LogP contribution in [0, 0.1) is 0 Å². The summed E-state index contributed by atoms with van der Waals surface area (Å²) >= 11 is 2.73. The lowest BCUT2D eigenvalue weighted by Gasteiger charge is -2.09. The van der Waals surface area contributed by atoms with Crippen molar-refractivity contribution >= 4 is 22.6 Å². The molecule has 0 spiro atoms. The summed E-state index contributed by atoms with van der Waals surface area (Å²) < 4.78 is 0.938. The van der Waals surface area contributed by atoms with Crippen molar-refractivity contribution in [2.24, 2.45) is 0 Å². The van der Waals surface area contributed by atoms with Crippen LogP contribution in [-0.2, 0) is 0 Å². The molecule has 0 saturated carbocycles. The molecule has 0 aromatic rings.